The number of rotatable bonds is 11. The molecule has 244 valence electrons. The smallest absolute Gasteiger partial charge is 0.213 e. The molecule has 5 heterocycles. The highest BCUT2D eigenvalue weighted by Gasteiger charge is 2.10. The van der Waals surface area contributed by atoms with Gasteiger partial charge < -0.3 is 14.7 Å². The number of aryl methyl sites for hydroxylation is 1. The number of Topliss-reactive ketones (excluding diaryl/α,β-unsaturated/α-hetero) is 2. The Kier molecular flexibility index (Phi) is 9.90. The Morgan fingerprint density at radius 1 is 0.646 bits per heavy atom. The third-order valence-electron chi connectivity index (χ3n) is 8.28. The van der Waals surface area contributed by atoms with Crippen LogP contribution in [0.25, 0.3) is 54.7 Å². The van der Waals surface area contributed by atoms with E-state index in [1.54, 1.807) is 24.7 Å². The summed E-state index contributed by atoms with van der Waals surface area (Å²) in [6.45, 7) is 8.28. The van der Waals surface area contributed by atoms with E-state index in [0.717, 1.165) is 55.8 Å². The van der Waals surface area contributed by atoms with E-state index in [-0.39, 0.29) is 12.4 Å². The molecule has 0 aliphatic carbocycles. The van der Waals surface area contributed by atoms with Crippen LogP contribution in [0.5, 0.6) is 5.88 Å². The zero-order chi connectivity index (χ0) is 33.6. The number of carbonyl (C=O) groups excluding carboxylic acids is 2. The number of hydrogen-bond donors (Lipinski definition) is 2. The van der Waals surface area contributed by atoms with Crippen molar-refractivity contribution in [2.75, 3.05) is 6.61 Å². The summed E-state index contributed by atoms with van der Waals surface area (Å²) in [4.78, 5) is 43.1. The summed E-state index contributed by atoms with van der Waals surface area (Å²) in [6, 6.07) is 20.4. The molecule has 0 aliphatic rings. The molecule has 7 aromatic rings. The normalized spacial score (nSPS) is 11.5. The maximum atomic E-state index is 11.8. The Bertz CT molecular complexity index is 2190. The van der Waals surface area contributed by atoms with Crippen molar-refractivity contribution in [3.8, 4) is 17.0 Å². The Balaban J connectivity index is 0.000000173. The third kappa shape index (κ3) is 7.77. The second-order valence-electron chi connectivity index (χ2n) is 13.2. The lowest BCUT2D eigenvalue weighted by molar-refractivity contribution is -0.122. The summed E-state index contributed by atoms with van der Waals surface area (Å²) in [5.74, 6) is 1.70. The topological polar surface area (TPSA) is 114 Å². The molecule has 0 bridgehead atoms. The van der Waals surface area contributed by atoms with Gasteiger partial charge in [-0.2, -0.15) is 0 Å². The molecule has 0 spiro atoms. The van der Waals surface area contributed by atoms with Crippen molar-refractivity contribution in [3.05, 3.63) is 97.2 Å². The van der Waals surface area contributed by atoms with Crippen LogP contribution in [-0.4, -0.2) is 43.1 Å². The van der Waals surface area contributed by atoms with Gasteiger partial charge in [-0.1, -0.05) is 52.0 Å². The van der Waals surface area contributed by atoms with Gasteiger partial charge in [-0.25, -0.2) is 4.98 Å². The van der Waals surface area contributed by atoms with Crippen LogP contribution in [0.1, 0.15) is 52.5 Å². The van der Waals surface area contributed by atoms with E-state index in [4.69, 9.17) is 4.74 Å². The molecule has 0 saturated carbocycles. The highest BCUT2D eigenvalue weighted by atomic mass is 16.5. The number of fused-ring (bicyclic) bond motifs is 6. The van der Waals surface area contributed by atoms with Crippen molar-refractivity contribution in [1.29, 1.82) is 0 Å². The van der Waals surface area contributed by atoms with Gasteiger partial charge in [0, 0.05) is 105 Å². The Hall–Kier alpha value is -5.37. The molecule has 0 saturated heterocycles. The maximum Gasteiger partial charge on any atom is 0.213 e. The number of ketones is 2. The average Bonchev–Trinajstić information content (AvgIpc) is 3.64. The van der Waals surface area contributed by atoms with Crippen LogP contribution in [0.3, 0.4) is 0 Å². The quantitative estimate of drug-likeness (QED) is 0.146. The zero-order valence-electron chi connectivity index (χ0n) is 27.9. The second-order valence-corrected chi connectivity index (χ2v) is 13.2. The van der Waals surface area contributed by atoms with Crippen molar-refractivity contribution in [3.63, 3.8) is 0 Å². The van der Waals surface area contributed by atoms with Gasteiger partial charge in [0.2, 0.25) is 5.88 Å². The van der Waals surface area contributed by atoms with Gasteiger partial charge in [0.1, 0.15) is 12.4 Å². The van der Waals surface area contributed by atoms with Gasteiger partial charge in [-0.3, -0.25) is 19.6 Å². The summed E-state index contributed by atoms with van der Waals surface area (Å²) in [5.41, 5.74) is 7.63. The molecule has 0 radical (unpaired) electrons. The van der Waals surface area contributed by atoms with E-state index >= 15 is 0 Å². The number of carbonyl (C=O) groups is 2. The minimum atomic E-state index is 0.0690. The maximum absolute atomic E-state index is 11.8. The summed E-state index contributed by atoms with van der Waals surface area (Å²) in [6.07, 6.45) is 11.8. The second kappa shape index (κ2) is 14.6. The highest BCUT2D eigenvalue weighted by Crippen LogP contribution is 2.30. The molecule has 0 unspecified atom stereocenters. The lowest BCUT2D eigenvalue weighted by Crippen LogP contribution is -2.13. The van der Waals surface area contributed by atoms with E-state index in [1.165, 1.54) is 10.9 Å². The number of H-pyrrole nitrogens is 2. The lowest BCUT2D eigenvalue weighted by atomic mass is 10.0. The molecule has 7 rings (SSSR count). The van der Waals surface area contributed by atoms with Crippen LogP contribution in [0.2, 0.25) is 0 Å². The molecule has 48 heavy (non-hydrogen) atoms. The van der Waals surface area contributed by atoms with E-state index in [0.29, 0.717) is 42.8 Å². The van der Waals surface area contributed by atoms with Crippen LogP contribution in [0.4, 0.5) is 0 Å². The molecule has 0 aliphatic heterocycles. The van der Waals surface area contributed by atoms with E-state index in [9.17, 15) is 9.59 Å². The van der Waals surface area contributed by atoms with Crippen molar-refractivity contribution < 1.29 is 14.3 Å². The van der Waals surface area contributed by atoms with Crippen LogP contribution < -0.4 is 4.74 Å². The molecular weight excluding hydrogens is 598 g/mol. The fourth-order valence-corrected chi connectivity index (χ4v) is 6.02. The first-order valence-corrected chi connectivity index (χ1v) is 16.6. The first kappa shape index (κ1) is 32.6. The van der Waals surface area contributed by atoms with Crippen molar-refractivity contribution in [2.45, 2.75) is 53.4 Å². The molecule has 0 amide bonds. The molecule has 8 nitrogen and oxygen atoms in total. The van der Waals surface area contributed by atoms with Crippen LogP contribution in [-0.2, 0) is 16.0 Å². The number of pyridine rings is 3. The van der Waals surface area contributed by atoms with E-state index in [1.807, 2.05) is 44.4 Å². The molecule has 0 atom stereocenters. The predicted octanol–water partition coefficient (Wildman–Crippen LogP) is 9.04. The average molecular weight is 640 g/mol. The number of aromatic nitrogens is 5. The molecule has 5 aromatic heterocycles. The highest BCUT2D eigenvalue weighted by molar-refractivity contribution is 6.08. The number of ether oxygens (including phenoxy) is 1. The van der Waals surface area contributed by atoms with Gasteiger partial charge in [0.25, 0.3) is 0 Å². The standard InChI is InChI=1S/C22H21N3O2.C18H20N2O/c1-14(2)9-17(26)13-27-22-6-4-16(11-24-22)15-3-5-18-19-12-23-8-7-20(19)25-21(18)10-15;1-12(2)9-14(21)5-3-13-4-6-15-16-11-19-8-7-17(16)20-18(15)10-13/h3-8,10-12,14,25H,9,13H2,1-2H3;4,6-8,10-12,20H,3,5,9H2,1-2H3. The van der Waals surface area contributed by atoms with Crippen LogP contribution in [0.15, 0.2) is 91.6 Å². The summed E-state index contributed by atoms with van der Waals surface area (Å²) in [7, 11) is 0. The van der Waals surface area contributed by atoms with Crippen molar-refractivity contribution in [2.24, 2.45) is 11.8 Å². The first-order chi connectivity index (χ1) is 23.2. The Morgan fingerprint density at radius 3 is 1.88 bits per heavy atom. The van der Waals surface area contributed by atoms with E-state index < -0.39 is 0 Å². The monoisotopic (exact) mass is 639 g/mol. The van der Waals surface area contributed by atoms with Crippen LogP contribution in [0, 0.1) is 11.8 Å². The Morgan fingerprint density at radius 2 is 1.25 bits per heavy atom. The number of benzene rings is 2. The molecular formula is C40H41N5O3. The van der Waals surface area contributed by atoms with Crippen molar-refractivity contribution >= 4 is 55.2 Å². The minimum absolute atomic E-state index is 0.0690. The zero-order valence-corrected chi connectivity index (χ0v) is 27.9. The summed E-state index contributed by atoms with van der Waals surface area (Å²) < 4.78 is 5.50. The number of nitrogens with zero attached hydrogens (tertiary/aromatic N) is 3. The van der Waals surface area contributed by atoms with Gasteiger partial charge in [-0.15, -0.1) is 0 Å². The van der Waals surface area contributed by atoms with Gasteiger partial charge in [0.05, 0.1) is 0 Å². The molecule has 2 aromatic carbocycles. The fourth-order valence-electron chi connectivity index (χ4n) is 6.02. The fraction of sp³-hybridized carbons (Fsp3) is 0.275. The summed E-state index contributed by atoms with van der Waals surface area (Å²) >= 11 is 0. The van der Waals surface area contributed by atoms with Gasteiger partial charge in [0.15, 0.2) is 5.78 Å². The number of hydrogen-bond acceptors (Lipinski definition) is 6. The lowest BCUT2D eigenvalue weighted by Gasteiger charge is -2.07. The van der Waals surface area contributed by atoms with E-state index in [2.05, 4.69) is 75.2 Å². The van der Waals surface area contributed by atoms with Crippen LogP contribution >= 0.6 is 0 Å². The van der Waals surface area contributed by atoms with Crippen molar-refractivity contribution in [1.82, 2.24) is 24.9 Å². The number of aromatic amines is 2. The third-order valence-corrected chi connectivity index (χ3v) is 8.28. The summed E-state index contributed by atoms with van der Waals surface area (Å²) in [5, 5.41) is 4.61. The first-order valence-electron chi connectivity index (χ1n) is 16.6. The molecule has 8 heteroatoms. The molecule has 2 N–H and O–H groups in total. The largest absolute Gasteiger partial charge is 0.470 e. The minimum Gasteiger partial charge on any atom is -0.470 e. The van der Waals surface area contributed by atoms with Gasteiger partial charge >= 0.3 is 0 Å². The number of nitrogens with one attached hydrogen (secondary N) is 2. The predicted molar refractivity (Wildman–Crippen MR) is 193 cm³/mol. The Labute approximate surface area is 280 Å². The molecule has 0 fully saturated rings. The van der Waals surface area contributed by atoms with Gasteiger partial charge in [-0.05, 0) is 59.7 Å². The SMILES string of the molecule is CC(C)CC(=O)CCc1ccc2c(c1)[nH]c1ccncc12.CC(C)CC(=O)COc1ccc(-c2ccc3c(c2)[nH]c2ccncc23)cn1.